The Bertz CT molecular complexity index is 388. The molecule has 0 radical (unpaired) electrons. The van der Waals surface area contributed by atoms with Crippen LogP contribution >= 0.6 is 0 Å². The molecule has 1 saturated heterocycles. The van der Waals surface area contributed by atoms with Crippen molar-refractivity contribution in [2.24, 2.45) is 5.92 Å². The molecule has 16 heavy (non-hydrogen) atoms. The van der Waals surface area contributed by atoms with Crippen molar-refractivity contribution in [3.63, 3.8) is 0 Å². The van der Waals surface area contributed by atoms with Gasteiger partial charge in [-0.3, -0.25) is 0 Å². The molecule has 0 aromatic heterocycles. The smallest absolute Gasteiger partial charge is 0.123 e. The van der Waals surface area contributed by atoms with Gasteiger partial charge in [-0.2, -0.15) is 0 Å². The average molecular weight is 221 g/mol. The summed E-state index contributed by atoms with van der Waals surface area (Å²) in [5, 5.41) is 3.36. The van der Waals surface area contributed by atoms with Gasteiger partial charge in [0.15, 0.2) is 0 Å². The van der Waals surface area contributed by atoms with E-state index in [1.54, 1.807) is 12.1 Å². The van der Waals surface area contributed by atoms with Gasteiger partial charge in [-0.1, -0.05) is 6.07 Å². The largest absolute Gasteiger partial charge is 0.373 e. The molecule has 3 rings (SSSR count). The summed E-state index contributed by atoms with van der Waals surface area (Å²) in [6, 6.07) is 5.10. The van der Waals surface area contributed by atoms with Crippen LogP contribution in [-0.4, -0.2) is 19.7 Å². The van der Waals surface area contributed by atoms with E-state index in [2.05, 4.69) is 5.32 Å². The van der Waals surface area contributed by atoms with Gasteiger partial charge in [-0.25, -0.2) is 4.39 Å². The second-order valence-electron chi connectivity index (χ2n) is 4.64. The summed E-state index contributed by atoms with van der Waals surface area (Å²) < 4.78 is 19.0. The molecule has 1 aromatic rings. The molecule has 1 aromatic carbocycles. The monoisotopic (exact) mass is 221 g/mol. The van der Waals surface area contributed by atoms with E-state index >= 15 is 0 Å². The van der Waals surface area contributed by atoms with E-state index in [1.807, 2.05) is 6.07 Å². The lowest BCUT2D eigenvalue weighted by molar-refractivity contribution is 0.00656. The van der Waals surface area contributed by atoms with E-state index in [-0.39, 0.29) is 11.9 Å². The summed E-state index contributed by atoms with van der Waals surface area (Å²) in [5.41, 5.74) is 2.32. The highest BCUT2D eigenvalue weighted by molar-refractivity contribution is 5.32. The van der Waals surface area contributed by atoms with Crippen molar-refractivity contribution in [3.05, 3.63) is 35.1 Å². The van der Waals surface area contributed by atoms with Crippen molar-refractivity contribution in [1.29, 1.82) is 0 Å². The maximum Gasteiger partial charge on any atom is 0.123 e. The molecule has 86 valence electrons. The molecule has 1 N–H and O–H groups in total. The molecular formula is C13H16FNO. The van der Waals surface area contributed by atoms with Crippen molar-refractivity contribution in [2.45, 2.75) is 18.9 Å². The van der Waals surface area contributed by atoms with Crippen molar-refractivity contribution in [2.75, 3.05) is 19.7 Å². The third kappa shape index (κ3) is 1.74. The number of rotatable bonds is 1. The Kier molecular flexibility index (Phi) is 2.65. The average Bonchev–Trinajstić information content (AvgIpc) is 2.81. The van der Waals surface area contributed by atoms with Gasteiger partial charge in [-0.15, -0.1) is 0 Å². The van der Waals surface area contributed by atoms with E-state index in [4.69, 9.17) is 4.74 Å². The Balaban J connectivity index is 1.93. The normalized spacial score (nSPS) is 29.1. The lowest BCUT2D eigenvalue weighted by Gasteiger charge is -2.30. The van der Waals surface area contributed by atoms with Gasteiger partial charge < -0.3 is 10.1 Å². The van der Waals surface area contributed by atoms with E-state index in [9.17, 15) is 4.39 Å². The molecule has 2 aliphatic rings. The van der Waals surface area contributed by atoms with Gasteiger partial charge >= 0.3 is 0 Å². The Hall–Kier alpha value is -0.930. The van der Waals surface area contributed by atoms with E-state index in [1.165, 1.54) is 5.56 Å². The maximum atomic E-state index is 13.1. The van der Waals surface area contributed by atoms with Crippen LogP contribution in [0.2, 0.25) is 0 Å². The molecule has 1 fully saturated rings. The zero-order chi connectivity index (χ0) is 11.0. The number of fused-ring (bicyclic) bond motifs is 1. The Morgan fingerprint density at radius 3 is 3.12 bits per heavy atom. The first-order valence-corrected chi connectivity index (χ1v) is 5.95. The molecule has 0 unspecified atom stereocenters. The Morgan fingerprint density at radius 2 is 2.31 bits per heavy atom. The third-order valence-corrected chi connectivity index (χ3v) is 3.61. The topological polar surface area (TPSA) is 21.3 Å². The van der Waals surface area contributed by atoms with Crippen LogP contribution in [-0.2, 0) is 11.2 Å². The quantitative estimate of drug-likeness (QED) is 0.783. The summed E-state index contributed by atoms with van der Waals surface area (Å²) in [5.74, 6) is 0.411. The van der Waals surface area contributed by atoms with Crippen molar-refractivity contribution >= 4 is 0 Å². The van der Waals surface area contributed by atoms with Crippen molar-refractivity contribution in [3.8, 4) is 0 Å². The molecule has 3 heteroatoms. The molecule has 2 nitrogen and oxygen atoms in total. The fourth-order valence-electron chi connectivity index (χ4n) is 2.78. The molecular weight excluding hydrogens is 205 g/mol. The second kappa shape index (κ2) is 4.15. The SMILES string of the molecule is Fc1ccc2c(c1)CCO[C@H]2[C@@H]1CCNC1. The van der Waals surface area contributed by atoms with Crippen molar-refractivity contribution in [1.82, 2.24) is 5.32 Å². The molecule has 0 aliphatic carbocycles. The van der Waals surface area contributed by atoms with E-state index < -0.39 is 0 Å². The van der Waals surface area contributed by atoms with Gasteiger partial charge in [0, 0.05) is 12.5 Å². The molecule has 0 spiro atoms. The highest BCUT2D eigenvalue weighted by atomic mass is 19.1. The molecule has 2 atom stereocenters. The van der Waals surface area contributed by atoms with Crippen molar-refractivity contribution < 1.29 is 9.13 Å². The summed E-state index contributed by atoms with van der Waals surface area (Å²) >= 11 is 0. The zero-order valence-corrected chi connectivity index (χ0v) is 9.21. The van der Waals surface area contributed by atoms with Crippen LogP contribution in [0.1, 0.15) is 23.7 Å². The lowest BCUT2D eigenvalue weighted by atomic mass is 9.89. The molecule has 0 bridgehead atoms. The van der Waals surface area contributed by atoms with E-state index in [0.29, 0.717) is 5.92 Å². The van der Waals surface area contributed by atoms with Crippen LogP contribution in [0.4, 0.5) is 4.39 Å². The fraction of sp³-hybridized carbons (Fsp3) is 0.538. The summed E-state index contributed by atoms with van der Waals surface area (Å²) in [6.45, 7) is 2.81. The Morgan fingerprint density at radius 1 is 1.38 bits per heavy atom. The van der Waals surface area contributed by atoms with Crippen LogP contribution < -0.4 is 5.32 Å². The van der Waals surface area contributed by atoms with Crippen LogP contribution in [0.5, 0.6) is 0 Å². The zero-order valence-electron chi connectivity index (χ0n) is 9.21. The van der Waals surface area contributed by atoms with Crippen LogP contribution in [0, 0.1) is 11.7 Å². The number of benzene rings is 1. The van der Waals surface area contributed by atoms with Gasteiger partial charge in [0.05, 0.1) is 12.7 Å². The maximum absolute atomic E-state index is 13.1. The molecule has 0 saturated carbocycles. The number of hydrogen-bond acceptors (Lipinski definition) is 2. The first-order chi connectivity index (χ1) is 7.84. The summed E-state index contributed by atoms with van der Waals surface area (Å²) in [6.07, 6.45) is 2.16. The molecule has 2 aliphatic heterocycles. The van der Waals surface area contributed by atoms with Gasteiger partial charge in [0.25, 0.3) is 0 Å². The first-order valence-electron chi connectivity index (χ1n) is 5.95. The standard InChI is InChI=1S/C13H16FNO/c14-11-1-2-12-9(7-11)4-6-16-13(12)10-3-5-15-8-10/h1-2,7,10,13,15H,3-6,8H2/t10-,13+/m1/s1. The third-order valence-electron chi connectivity index (χ3n) is 3.61. The lowest BCUT2D eigenvalue weighted by Crippen LogP contribution is -2.25. The van der Waals surface area contributed by atoms with Crippen LogP contribution in [0.3, 0.4) is 0 Å². The second-order valence-corrected chi connectivity index (χ2v) is 4.64. The number of nitrogens with one attached hydrogen (secondary N) is 1. The highest BCUT2D eigenvalue weighted by Crippen LogP contribution is 2.35. The number of hydrogen-bond donors (Lipinski definition) is 1. The first kappa shape index (κ1) is 10.2. The van der Waals surface area contributed by atoms with Gasteiger partial charge in [-0.05, 0) is 42.6 Å². The van der Waals surface area contributed by atoms with Gasteiger partial charge in [0.2, 0.25) is 0 Å². The molecule has 0 amide bonds. The fourth-order valence-corrected chi connectivity index (χ4v) is 2.78. The summed E-state index contributed by atoms with van der Waals surface area (Å²) in [7, 11) is 0. The Labute approximate surface area is 94.8 Å². The van der Waals surface area contributed by atoms with Crippen LogP contribution in [0.25, 0.3) is 0 Å². The summed E-state index contributed by atoms with van der Waals surface area (Å²) in [4.78, 5) is 0. The minimum Gasteiger partial charge on any atom is -0.373 e. The van der Waals surface area contributed by atoms with Gasteiger partial charge in [0.1, 0.15) is 5.82 Å². The predicted molar refractivity (Wildman–Crippen MR) is 59.8 cm³/mol. The minimum absolute atomic E-state index is 0.135. The molecule has 2 heterocycles. The minimum atomic E-state index is -0.135. The number of ether oxygens (including phenoxy) is 1. The predicted octanol–water partition coefficient (Wildman–Crippen LogP) is 2.05. The van der Waals surface area contributed by atoms with Crippen LogP contribution in [0.15, 0.2) is 18.2 Å². The van der Waals surface area contributed by atoms with E-state index in [0.717, 1.165) is 38.1 Å². The highest BCUT2D eigenvalue weighted by Gasteiger charge is 2.30. The number of halogens is 1.